The number of non-ortho nitro benzene ring substituents is 1. The van der Waals surface area contributed by atoms with Crippen molar-refractivity contribution in [1.82, 2.24) is 0 Å². The Hall–Kier alpha value is -3.46. The maximum Gasteiger partial charge on any atom is 0.291 e. The van der Waals surface area contributed by atoms with Crippen LogP contribution >= 0.6 is 15.9 Å². The predicted molar refractivity (Wildman–Crippen MR) is 103 cm³/mol. The number of nitro groups is 1. The highest BCUT2D eigenvalue weighted by Crippen LogP contribution is 2.32. The molecular weight excluding hydrogens is 418 g/mol. The highest BCUT2D eigenvalue weighted by Gasteiger charge is 2.13. The number of aromatic hydroxyl groups is 1. The van der Waals surface area contributed by atoms with Crippen LogP contribution in [0.5, 0.6) is 5.75 Å². The molecular formula is C18H12BrN3O5. The molecule has 1 heterocycles. The molecule has 8 nitrogen and oxygen atoms in total. The number of phenols is 1. The molecule has 136 valence electrons. The number of phenolic OH excluding ortho intramolecular Hbond substituents is 1. The second-order valence-corrected chi connectivity index (χ2v) is 6.22. The average molecular weight is 430 g/mol. The zero-order chi connectivity index (χ0) is 19.4. The van der Waals surface area contributed by atoms with Crippen LogP contribution in [0.15, 0.2) is 68.7 Å². The number of nitrogens with zero attached hydrogens (tertiary/aromatic N) is 2. The van der Waals surface area contributed by atoms with Crippen molar-refractivity contribution in [2.45, 2.75) is 0 Å². The van der Waals surface area contributed by atoms with Crippen LogP contribution in [-0.4, -0.2) is 22.2 Å². The number of carbonyl (C=O) groups excluding carboxylic acids is 1. The molecule has 2 aromatic carbocycles. The monoisotopic (exact) mass is 429 g/mol. The van der Waals surface area contributed by atoms with E-state index in [0.29, 0.717) is 11.4 Å². The van der Waals surface area contributed by atoms with Crippen LogP contribution in [0.4, 0.5) is 17.1 Å². The van der Waals surface area contributed by atoms with Crippen molar-refractivity contribution in [3.63, 3.8) is 0 Å². The third-order valence-corrected chi connectivity index (χ3v) is 4.09. The molecule has 2 N–H and O–H groups in total. The fraction of sp³-hybridized carbons (Fsp3) is 0. The van der Waals surface area contributed by atoms with Gasteiger partial charge in [-0.2, -0.15) is 0 Å². The van der Waals surface area contributed by atoms with Crippen LogP contribution in [0.3, 0.4) is 0 Å². The predicted octanol–water partition coefficient (Wildman–Crippen LogP) is 4.66. The molecule has 3 rings (SSSR count). The molecule has 0 radical (unpaired) electrons. The van der Waals surface area contributed by atoms with Gasteiger partial charge in [0.25, 0.3) is 11.6 Å². The number of hydrogen-bond donors (Lipinski definition) is 2. The normalized spacial score (nSPS) is 10.9. The quantitative estimate of drug-likeness (QED) is 0.347. The van der Waals surface area contributed by atoms with Gasteiger partial charge in [-0.25, -0.2) is 0 Å². The average Bonchev–Trinajstić information content (AvgIpc) is 3.18. The lowest BCUT2D eigenvalue weighted by molar-refractivity contribution is -0.385. The lowest BCUT2D eigenvalue weighted by Crippen LogP contribution is -2.10. The van der Waals surface area contributed by atoms with Crippen LogP contribution < -0.4 is 5.32 Å². The van der Waals surface area contributed by atoms with Gasteiger partial charge in [-0.1, -0.05) is 6.07 Å². The number of nitrogens with one attached hydrogen (secondary N) is 1. The molecule has 1 amide bonds. The van der Waals surface area contributed by atoms with Gasteiger partial charge in [0.15, 0.2) is 5.76 Å². The van der Waals surface area contributed by atoms with Crippen LogP contribution in [0.25, 0.3) is 0 Å². The summed E-state index contributed by atoms with van der Waals surface area (Å²) in [5.74, 6) is -0.386. The molecule has 0 saturated heterocycles. The third-order valence-electron chi connectivity index (χ3n) is 3.49. The van der Waals surface area contributed by atoms with E-state index in [1.165, 1.54) is 24.6 Å². The Bertz CT molecular complexity index is 1030. The minimum Gasteiger partial charge on any atom is -0.506 e. The molecule has 0 saturated carbocycles. The molecule has 0 fully saturated rings. The summed E-state index contributed by atoms with van der Waals surface area (Å²) >= 11 is 3.08. The summed E-state index contributed by atoms with van der Waals surface area (Å²) < 4.78 is 5.22. The van der Waals surface area contributed by atoms with Crippen molar-refractivity contribution in [3.8, 4) is 5.75 Å². The number of halogens is 1. The van der Waals surface area contributed by atoms with Crippen molar-refractivity contribution >= 4 is 45.1 Å². The standard InChI is InChI=1S/C18H12BrN3O5/c19-15-9-14(22(25)26)7-11(17(15)23)10-20-12-3-1-4-13(8-12)21-18(24)16-5-2-6-27-16/h1-10,23H,(H,21,24). The van der Waals surface area contributed by atoms with E-state index >= 15 is 0 Å². The van der Waals surface area contributed by atoms with E-state index < -0.39 is 10.8 Å². The summed E-state index contributed by atoms with van der Waals surface area (Å²) in [6.07, 6.45) is 2.71. The molecule has 0 unspecified atom stereocenters. The first-order chi connectivity index (χ1) is 12.9. The van der Waals surface area contributed by atoms with E-state index in [2.05, 4.69) is 26.2 Å². The second-order valence-electron chi connectivity index (χ2n) is 5.36. The van der Waals surface area contributed by atoms with Gasteiger partial charge in [-0.3, -0.25) is 19.9 Å². The number of hydrogen-bond acceptors (Lipinski definition) is 6. The van der Waals surface area contributed by atoms with E-state index in [1.54, 1.807) is 36.4 Å². The Morgan fingerprint density at radius 3 is 2.78 bits per heavy atom. The van der Waals surface area contributed by atoms with E-state index in [0.717, 1.165) is 0 Å². The number of amides is 1. The van der Waals surface area contributed by atoms with Crippen LogP contribution in [0.2, 0.25) is 0 Å². The highest BCUT2D eigenvalue weighted by molar-refractivity contribution is 9.10. The maximum absolute atomic E-state index is 12.0. The van der Waals surface area contributed by atoms with Gasteiger partial charge in [0, 0.05) is 29.6 Å². The van der Waals surface area contributed by atoms with Crippen molar-refractivity contribution in [3.05, 3.63) is 80.7 Å². The number of furan rings is 1. The fourth-order valence-electron chi connectivity index (χ4n) is 2.22. The Morgan fingerprint density at radius 1 is 1.26 bits per heavy atom. The summed E-state index contributed by atoms with van der Waals surface area (Å²) in [6.45, 7) is 0. The lowest BCUT2D eigenvalue weighted by Gasteiger charge is -2.04. The summed E-state index contributed by atoms with van der Waals surface area (Å²) in [4.78, 5) is 26.6. The number of benzene rings is 2. The third kappa shape index (κ3) is 4.39. The molecule has 1 aromatic heterocycles. The second kappa shape index (κ2) is 7.83. The van der Waals surface area contributed by atoms with E-state index in [1.807, 2.05) is 0 Å². The van der Waals surface area contributed by atoms with Crippen molar-refractivity contribution < 1.29 is 19.2 Å². The molecule has 0 atom stereocenters. The van der Waals surface area contributed by atoms with Crippen molar-refractivity contribution in [2.75, 3.05) is 5.32 Å². The molecule has 0 spiro atoms. The Kier molecular flexibility index (Phi) is 5.32. The first-order valence-electron chi connectivity index (χ1n) is 7.60. The van der Waals surface area contributed by atoms with Gasteiger partial charge in [0.05, 0.1) is 21.3 Å². The summed E-state index contributed by atoms with van der Waals surface area (Å²) in [6, 6.07) is 12.2. The highest BCUT2D eigenvalue weighted by atomic mass is 79.9. The summed E-state index contributed by atoms with van der Waals surface area (Å²) in [5.41, 5.74) is 0.978. The number of aliphatic imine (C=N–C) groups is 1. The molecule has 3 aromatic rings. The van der Waals surface area contributed by atoms with Crippen LogP contribution in [0.1, 0.15) is 16.1 Å². The largest absolute Gasteiger partial charge is 0.506 e. The first-order valence-corrected chi connectivity index (χ1v) is 8.39. The van der Waals surface area contributed by atoms with Gasteiger partial charge < -0.3 is 14.8 Å². The SMILES string of the molecule is O=C(Nc1cccc(N=Cc2cc([N+](=O)[O-])cc(Br)c2O)c1)c1ccco1. The first kappa shape index (κ1) is 18.3. The number of carbonyl (C=O) groups is 1. The van der Waals surface area contributed by atoms with Gasteiger partial charge in [-0.05, 0) is 46.3 Å². The van der Waals surface area contributed by atoms with Gasteiger partial charge in [0.1, 0.15) is 5.75 Å². The molecule has 27 heavy (non-hydrogen) atoms. The van der Waals surface area contributed by atoms with E-state index in [4.69, 9.17) is 4.42 Å². The lowest BCUT2D eigenvalue weighted by atomic mass is 10.2. The van der Waals surface area contributed by atoms with Crippen LogP contribution in [-0.2, 0) is 0 Å². The topological polar surface area (TPSA) is 118 Å². The van der Waals surface area contributed by atoms with Crippen LogP contribution in [0, 0.1) is 10.1 Å². The van der Waals surface area contributed by atoms with Gasteiger partial charge >= 0.3 is 0 Å². The fourth-order valence-corrected chi connectivity index (χ4v) is 2.68. The van der Waals surface area contributed by atoms with Crippen molar-refractivity contribution in [2.24, 2.45) is 4.99 Å². The zero-order valence-corrected chi connectivity index (χ0v) is 15.2. The maximum atomic E-state index is 12.0. The Morgan fingerprint density at radius 2 is 2.07 bits per heavy atom. The minimum atomic E-state index is -0.563. The zero-order valence-electron chi connectivity index (χ0n) is 13.6. The molecule has 0 aliphatic heterocycles. The van der Waals surface area contributed by atoms with E-state index in [-0.39, 0.29) is 27.2 Å². The molecule has 0 aliphatic carbocycles. The number of anilines is 1. The number of rotatable bonds is 5. The van der Waals surface area contributed by atoms with Crippen molar-refractivity contribution in [1.29, 1.82) is 0 Å². The Labute approximate surface area is 161 Å². The molecule has 9 heteroatoms. The smallest absolute Gasteiger partial charge is 0.291 e. The molecule has 0 aliphatic rings. The summed E-state index contributed by atoms with van der Waals surface area (Å²) in [5, 5.41) is 23.7. The van der Waals surface area contributed by atoms with Gasteiger partial charge in [0.2, 0.25) is 0 Å². The Balaban J connectivity index is 1.82. The van der Waals surface area contributed by atoms with Gasteiger partial charge in [-0.15, -0.1) is 0 Å². The minimum absolute atomic E-state index is 0.161. The summed E-state index contributed by atoms with van der Waals surface area (Å²) in [7, 11) is 0. The number of nitro benzene ring substituents is 1. The van der Waals surface area contributed by atoms with E-state index in [9.17, 15) is 20.0 Å². The molecule has 0 bridgehead atoms.